The zero-order valence-electron chi connectivity index (χ0n) is 13.2. The lowest BCUT2D eigenvalue weighted by Gasteiger charge is -2.09. The van der Waals surface area contributed by atoms with Gasteiger partial charge >= 0.3 is 0 Å². The highest BCUT2D eigenvalue weighted by molar-refractivity contribution is 7.90. The number of benzene rings is 2. The molecule has 0 radical (unpaired) electrons. The van der Waals surface area contributed by atoms with Crippen LogP contribution in [0.25, 0.3) is 5.69 Å². The van der Waals surface area contributed by atoms with Crippen molar-refractivity contribution >= 4 is 21.4 Å². The standard InChI is InChI=1S/C17H14FN3O3S/c1-25(23,24)14-6-7-15(18)16(11-14)20-17(22)12-4-2-5-13(10-12)21-9-3-8-19-21/h2-11H,1H3,(H,20,22). The summed E-state index contributed by atoms with van der Waals surface area (Å²) in [5.41, 5.74) is 0.762. The number of carbonyl (C=O) groups is 1. The first-order chi connectivity index (χ1) is 11.8. The summed E-state index contributed by atoms with van der Waals surface area (Å²) in [6.45, 7) is 0. The summed E-state index contributed by atoms with van der Waals surface area (Å²) >= 11 is 0. The number of halogens is 1. The molecule has 0 saturated carbocycles. The second kappa shape index (κ2) is 6.48. The quantitative estimate of drug-likeness (QED) is 0.726. The van der Waals surface area contributed by atoms with Crippen LogP contribution in [0, 0.1) is 5.82 Å². The van der Waals surface area contributed by atoms with Crippen molar-refractivity contribution in [1.29, 1.82) is 0 Å². The number of rotatable bonds is 4. The molecule has 8 heteroatoms. The van der Waals surface area contributed by atoms with Crippen LogP contribution in [0.15, 0.2) is 65.8 Å². The fourth-order valence-corrected chi connectivity index (χ4v) is 2.88. The van der Waals surface area contributed by atoms with Gasteiger partial charge in [0, 0.05) is 24.2 Å². The van der Waals surface area contributed by atoms with E-state index in [9.17, 15) is 17.6 Å². The Balaban J connectivity index is 1.89. The molecule has 6 nitrogen and oxygen atoms in total. The summed E-state index contributed by atoms with van der Waals surface area (Å²) in [6.07, 6.45) is 4.35. The first kappa shape index (κ1) is 16.8. The van der Waals surface area contributed by atoms with Gasteiger partial charge in [0.1, 0.15) is 5.82 Å². The predicted molar refractivity (Wildman–Crippen MR) is 91.0 cm³/mol. The summed E-state index contributed by atoms with van der Waals surface area (Å²) in [6, 6.07) is 11.6. The third-order valence-corrected chi connectivity index (χ3v) is 4.60. The highest BCUT2D eigenvalue weighted by atomic mass is 32.2. The molecule has 0 unspecified atom stereocenters. The fourth-order valence-electron chi connectivity index (χ4n) is 2.24. The lowest BCUT2D eigenvalue weighted by atomic mass is 10.2. The second-order valence-corrected chi connectivity index (χ2v) is 7.38. The van der Waals surface area contributed by atoms with Crippen LogP contribution in [-0.2, 0) is 9.84 Å². The molecule has 0 saturated heterocycles. The van der Waals surface area contributed by atoms with Crippen molar-refractivity contribution in [2.45, 2.75) is 4.90 Å². The van der Waals surface area contributed by atoms with Gasteiger partial charge in [0.15, 0.2) is 9.84 Å². The van der Waals surface area contributed by atoms with Crippen molar-refractivity contribution < 1.29 is 17.6 Å². The molecule has 0 atom stereocenters. The molecule has 1 amide bonds. The van der Waals surface area contributed by atoms with Gasteiger partial charge in [-0.05, 0) is 42.5 Å². The van der Waals surface area contributed by atoms with Crippen LogP contribution in [0.4, 0.5) is 10.1 Å². The van der Waals surface area contributed by atoms with Crippen LogP contribution in [0.5, 0.6) is 0 Å². The van der Waals surface area contributed by atoms with Crippen LogP contribution < -0.4 is 5.32 Å². The Bertz CT molecular complexity index is 1030. The van der Waals surface area contributed by atoms with E-state index in [1.165, 1.54) is 0 Å². The molecule has 2 aromatic carbocycles. The molecule has 25 heavy (non-hydrogen) atoms. The number of amides is 1. The minimum absolute atomic E-state index is 0.0745. The molecule has 0 aliphatic rings. The maximum absolute atomic E-state index is 13.9. The van der Waals surface area contributed by atoms with Crippen LogP contribution in [0.1, 0.15) is 10.4 Å². The summed E-state index contributed by atoms with van der Waals surface area (Å²) in [7, 11) is -3.51. The van der Waals surface area contributed by atoms with Gasteiger partial charge in [0.2, 0.25) is 0 Å². The van der Waals surface area contributed by atoms with E-state index >= 15 is 0 Å². The molecule has 1 N–H and O–H groups in total. The smallest absolute Gasteiger partial charge is 0.255 e. The summed E-state index contributed by atoms with van der Waals surface area (Å²) in [4.78, 5) is 12.3. The van der Waals surface area contributed by atoms with E-state index in [1.807, 2.05) is 0 Å². The van der Waals surface area contributed by atoms with Crippen molar-refractivity contribution in [1.82, 2.24) is 9.78 Å². The van der Waals surface area contributed by atoms with Crippen LogP contribution in [-0.4, -0.2) is 30.4 Å². The zero-order valence-corrected chi connectivity index (χ0v) is 14.0. The Hall–Kier alpha value is -3.00. The predicted octanol–water partition coefficient (Wildman–Crippen LogP) is 2.67. The van der Waals surface area contributed by atoms with Crippen molar-refractivity contribution in [3.63, 3.8) is 0 Å². The number of carbonyl (C=O) groups excluding carboxylic acids is 1. The lowest BCUT2D eigenvalue weighted by Crippen LogP contribution is -2.14. The maximum Gasteiger partial charge on any atom is 0.255 e. The molecular formula is C17H14FN3O3S. The van der Waals surface area contributed by atoms with Crippen molar-refractivity contribution in [2.75, 3.05) is 11.6 Å². The van der Waals surface area contributed by atoms with E-state index in [-0.39, 0.29) is 16.1 Å². The number of nitrogens with one attached hydrogen (secondary N) is 1. The Labute approximate surface area is 143 Å². The average Bonchev–Trinajstić information content (AvgIpc) is 3.10. The molecular weight excluding hydrogens is 345 g/mol. The number of aromatic nitrogens is 2. The highest BCUT2D eigenvalue weighted by Gasteiger charge is 2.14. The van der Waals surface area contributed by atoms with E-state index < -0.39 is 21.6 Å². The van der Waals surface area contributed by atoms with Crippen molar-refractivity contribution in [3.8, 4) is 5.69 Å². The van der Waals surface area contributed by atoms with Gasteiger partial charge in [-0.2, -0.15) is 5.10 Å². The van der Waals surface area contributed by atoms with Crippen molar-refractivity contribution in [2.24, 2.45) is 0 Å². The summed E-state index contributed by atoms with van der Waals surface area (Å²) in [5, 5.41) is 6.49. The number of anilines is 1. The van der Waals surface area contributed by atoms with Gasteiger partial charge in [-0.1, -0.05) is 6.07 Å². The van der Waals surface area contributed by atoms with E-state index in [1.54, 1.807) is 47.4 Å². The molecule has 0 spiro atoms. The van der Waals surface area contributed by atoms with Crippen LogP contribution in [0.2, 0.25) is 0 Å². The molecule has 3 aromatic rings. The zero-order chi connectivity index (χ0) is 18.0. The number of hydrogen-bond donors (Lipinski definition) is 1. The number of sulfone groups is 1. The lowest BCUT2D eigenvalue weighted by molar-refractivity contribution is 0.102. The molecule has 1 aromatic heterocycles. The van der Waals surface area contributed by atoms with Gasteiger partial charge in [0.25, 0.3) is 5.91 Å². The summed E-state index contributed by atoms with van der Waals surface area (Å²) in [5.74, 6) is -1.28. The van der Waals surface area contributed by atoms with Gasteiger partial charge in [-0.15, -0.1) is 0 Å². The Morgan fingerprint density at radius 2 is 1.96 bits per heavy atom. The van der Waals surface area contributed by atoms with Gasteiger partial charge in [-0.25, -0.2) is 17.5 Å². The van der Waals surface area contributed by atoms with Crippen LogP contribution >= 0.6 is 0 Å². The molecule has 3 rings (SSSR count). The molecule has 1 heterocycles. The van der Waals surface area contributed by atoms with Crippen molar-refractivity contribution in [3.05, 3.63) is 72.3 Å². The largest absolute Gasteiger partial charge is 0.319 e. The third kappa shape index (κ3) is 3.74. The van der Waals surface area contributed by atoms with Crippen LogP contribution in [0.3, 0.4) is 0 Å². The van der Waals surface area contributed by atoms with Gasteiger partial charge < -0.3 is 5.32 Å². The van der Waals surface area contributed by atoms with Gasteiger partial charge in [-0.3, -0.25) is 4.79 Å². The SMILES string of the molecule is CS(=O)(=O)c1ccc(F)c(NC(=O)c2cccc(-n3cccn3)c2)c1. The monoisotopic (exact) mass is 359 g/mol. The van der Waals surface area contributed by atoms with Gasteiger partial charge in [0.05, 0.1) is 16.3 Å². The summed E-state index contributed by atoms with van der Waals surface area (Å²) < 4.78 is 38.7. The van der Waals surface area contributed by atoms with E-state index in [2.05, 4.69) is 10.4 Å². The molecule has 0 aliphatic carbocycles. The van der Waals surface area contributed by atoms with E-state index in [0.29, 0.717) is 5.69 Å². The Morgan fingerprint density at radius 1 is 1.16 bits per heavy atom. The number of hydrogen-bond acceptors (Lipinski definition) is 4. The molecule has 0 fully saturated rings. The number of nitrogens with zero attached hydrogens (tertiary/aromatic N) is 2. The highest BCUT2D eigenvalue weighted by Crippen LogP contribution is 2.21. The average molecular weight is 359 g/mol. The molecule has 128 valence electrons. The minimum Gasteiger partial charge on any atom is -0.319 e. The van der Waals surface area contributed by atoms with E-state index in [0.717, 1.165) is 24.5 Å². The maximum atomic E-state index is 13.9. The third-order valence-electron chi connectivity index (χ3n) is 3.49. The minimum atomic E-state index is -3.51. The first-order valence-corrected chi connectivity index (χ1v) is 9.15. The normalized spacial score (nSPS) is 11.3. The first-order valence-electron chi connectivity index (χ1n) is 7.25. The molecule has 0 bridgehead atoms. The topological polar surface area (TPSA) is 81.1 Å². The Morgan fingerprint density at radius 3 is 2.64 bits per heavy atom. The van der Waals surface area contributed by atoms with E-state index in [4.69, 9.17) is 0 Å². The second-order valence-electron chi connectivity index (χ2n) is 5.37. The Kier molecular flexibility index (Phi) is 4.37. The fraction of sp³-hybridized carbons (Fsp3) is 0.0588. The molecule has 0 aliphatic heterocycles.